The van der Waals surface area contributed by atoms with Crippen LogP contribution < -0.4 is 4.74 Å². The van der Waals surface area contributed by atoms with Gasteiger partial charge < -0.3 is 9.84 Å². The molecule has 0 fully saturated rings. The Morgan fingerprint density at radius 2 is 1.55 bits per heavy atom. The van der Waals surface area contributed by atoms with E-state index >= 15 is 0 Å². The predicted octanol–water partition coefficient (Wildman–Crippen LogP) is 4.13. The first-order valence-corrected chi connectivity index (χ1v) is 5.64. The topological polar surface area (TPSA) is 29.5 Å². The molecular formula is C14H10F4O2. The van der Waals surface area contributed by atoms with Crippen molar-refractivity contribution in [1.29, 1.82) is 0 Å². The van der Waals surface area contributed by atoms with Crippen LogP contribution in [0.25, 0.3) is 0 Å². The molecular weight excluding hydrogens is 276 g/mol. The van der Waals surface area contributed by atoms with Crippen LogP contribution in [-0.4, -0.2) is 5.11 Å². The Morgan fingerprint density at radius 1 is 0.950 bits per heavy atom. The molecule has 0 unspecified atom stereocenters. The number of aliphatic hydroxyl groups is 1. The molecule has 2 rings (SSSR count). The molecule has 0 aliphatic carbocycles. The molecule has 2 aromatic carbocycles. The summed E-state index contributed by atoms with van der Waals surface area (Å²) in [7, 11) is 0. The molecule has 6 heteroatoms. The van der Waals surface area contributed by atoms with Crippen LogP contribution in [0.3, 0.4) is 0 Å². The molecule has 1 N–H and O–H groups in total. The third-order valence-corrected chi connectivity index (χ3v) is 2.61. The van der Waals surface area contributed by atoms with Gasteiger partial charge in [-0.1, -0.05) is 6.07 Å². The lowest BCUT2D eigenvalue weighted by Crippen LogP contribution is -2.09. The summed E-state index contributed by atoms with van der Waals surface area (Å²) in [5.41, 5.74) is -1.19. The van der Waals surface area contributed by atoms with Crippen LogP contribution in [0.5, 0.6) is 11.5 Å². The summed E-state index contributed by atoms with van der Waals surface area (Å²) in [6, 6.07) is 8.15. The Hall–Kier alpha value is -2.08. The number of halogens is 4. The maximum atomic E-state index is 12.8. The van der Waals surface area contributed by atoms with Crippen molar-refractivity contribution in [3.8, 4) is 11.5 Å². The van der Waals surface area contributed by atoms with Gasteiger partial charge >= 0.3 is 6.18 Å². The third-order valence-electron chi connectivity index (χ3n) is 2.61. The zero-order chi connectivity index (χ0) is 14.8. The molecule has 0 aliphatic heterocycles. The van der Waals surface area contributed by atoms with Crippen LogP contribution in [0, 0.1) is 5.82 Å². The Balaban J connectivity index is 2.31. The lowest BCUT2D eigenvalue weighted by molar-refractivity contribution is -0.138. The Bertz CT molecular complexity index is 591. The summed E-state index contributed by atoms with van der Waals surface area (Å²) in [6.07, 6.45) is -4.58. The highest BCUT2D eigenvalue weighted by molar-refractivity contribution is 5.39. The minimum atomic E-state index is -4.58. The normalized spacial score (nSPS) is 11.4. The van der Waals surface area contributed by atoms with Crippen LogP contribution in [0.2, 0.25) is 0 Å². The highest BCUT2D eigenvalue weighted by Gasteiger charge is 2.33. The maximum absolute atomic E-state index is 12.8. The maximum Gasteiger partial charge on any atom is 0.416 e. The Labute approximate surface area is 112 Å². The first kappa shape index (κ1) is 14.3. The second-order valence-corrected chi connectivity index (χ2v) is 4.03. The number of rotatable bonds is 3. The number of alkyl halides is 3. The number of hydrogen-bond acceptors (Lipinski definition) is 2. The van der Waals surface area contributed by atoms with Crippen molar-refractivity contribution in [2.75, 3.05) is 0 Å². The fourth-order valence-corrected chi connectivity index (χ4v) is 1.66. The number of ether oxygens (including phenoxy) is 1. The highest BCUT2D eigenvalue weighted by atomic mass is 19.4. The molecule has 0 saturated carbocycles. The molecule has 0 bridgehead atoms. The average Bonchev–Trinajstić information content (AvgIpc) is 2.40. The van der Waals surface area contributed by atoms with Gasteiger partial charge in [0.05, 0.1) is 12.2 Å². The van der Waals surface area contributed by atoms with Crippen molar-refractivity contribution in [3.05, 3.63) is 59.4 Å². The van der Waals surface area contributed by atoms with E-state index in [1.54, 1.807) is 0 Å². The van der Waals surface area contributed by atoms with Gasteiger partial charge in [-0.3, -0.25) is 0 Å². The molecule has 0 spiro atoms. The molecule has 0 aliphatic rings. The van der Waals surface area contributed by atoms with E-state index in [-0.39, 0.29) is 17.1 Å². The van der Waals surface area contributed by atoms with Crippen molar-refractivity contribution in [3.63, 3.8) is 0 Å². The minimum Gasteiger partial charge on any atom is -0.457 e. The van der Waals surface area contributed by atoms with E-state index in [1.165, 1.54) is 18.2 Å². The van der Waals surface area contributed by atoms with Crippen molar-refractivity contribution in [2.24, 2.45) is 0 Å². The summed E-state index contributed by atoms with van der Waals surface area (Å²) in [4.78, 5) is 0. The van der Waals surface area contributed by atoms with Gasteiger partial charge in [-0.25, -0.2) is 4.39 Å². The van der Waals surface area contributed by atoms with Gasteiger partial charge in [0.1, 0.15) is 17.3 Å². The third kappa shape index (κ3) is 3.27. The van der Waals surface area contributed by atoms with Gasteiger partial charge in [0.2, 0.25) is 0 Å². The molecule has 2 aromatic rings. The highest BCUT2D eigenvalue weighted by Crippen LogP contribution is 2.35. The monoisotopic (exact) mass is 286 g/mol. The van der Waals surface area contributed by atoms with Gasteiger partial charge in [0.25, 0.3) is 0 Å². The largest absolute Gasteiger partial charge is 0.457 e. The molecule has 0 heterocycles. The van der Waals surface area contributed by atoms with E-state index in [4.69, 9.17) is 9.84 Å². The lowest BCUT2D eigenvalue weighted by Gasteiger charge is -2.13. The average molecular weight is 286 g/mol. The summed E-state index contributed by atoms with van der Waals surface area (Å²) in [5, 5.41) is 8.91. The van der Waals surface area contributed by atoms with Crippen LogP contribution in [-0.2, 0) is 12.8 Å². The van der Waals surface area contributed by atoms with E-state index in [1.807, 2.05) is 0 Å². The molecule has 0 atom stereocenters. The second-order valence-electron chi connectivity index (χ2n) is 4.03. The van der Waals surface area contributed by atoms with Gasteiger partial charge in [0.15, 0.2) is 0 Å². The fraction of sp³-hybridized carbons (Fsp3) is 0.143. The fourth-order valence-electron chi connectivity index (χ4n) is 1.66. The van der Waals surface area contributed by atoms with Crippen molar-refractivity contribution >= 4 is 0 Å². The summed E-state index contributed by atoms with van der Waals surface area (Å²) < 4.78 is 56.3. The predicted molar refractivity (Wildman–Crippen MR) is 63.8 cm³/mol. The van der Waals surface area contributed by atoms with E-state index in [2.05, 4.69) is 0 Å². The van der Waals surface area contributed by atoms with Crippen LogP contribution in [0.15, 0.2) is 42.5 Å². The second kappa shape index (κ2) is 5.50. The zero-order valence-corrected chi connectivity index (χ0v) is 10.1. The standard InChI is InChI=1S/C14H10F4O2/c15-10-2-5-11(6-3-10)20-12-4-1-9(8-19)13(7-12)14(16,17)18/h1-7,19H,8H2. The van der Waals surface area contributed by atoms with E-state index in [9.17, 15) is 17.6 Å². The molecule has 0 radical (unpaired) electrons. The SMILES string of the molecule is OCc1ccc(Oc2ccc(F)cc2)cc1C(F)(F)F. The molecule has 2 nitrogen and oxygen atoms in total. The summed E-state index contributed by atoms with van der Waals surface area (Å²) >= 11 is 0. The zero-order valence-electron chi connectivity index (χ0n) is 10.1. The number of aliphatic hydroxyl groups excluding tert-OH is 1. The molecule has 106 valence electrons. The summed E-state index contributed by atoms with van der Waals surface area (Å²) in [5.74, 6) is -0.290. The Morgan fingerprint density at radius 3 is 2.10 bits per heavy atom. The number of benzene rings is 2. The van der Waals surface area contributed by atoms with E-state index < -0.39 is 24.2 Å². The van der Waals surface area contributed by atoms with E-state index in [0.29, 0.717) is 0 Å². The van der Waals surface area contributed by atoms with Gasteiger partial charge in [-0.15, -0.1) is 0 Å². The van der Waals surface area contributed by atoms with Crippen LogP contribution >= 0.6 is 0 Å². The molecule has 20 heavy (non-hydrogen) atoms. The molecule has 0 saturated heterocycles. The van der Waals surface area contributed by atoms with Crippen LogP contribution in [0.4, 0.5) is 17.6 Å². The molecule has 0 aromatic heterocycles. The van der Waals surface area contributed by atoms with Gasteiger partial charge in [-0.05, 0) is 42.0 Å². The molecule has 0 amide bonds. The summed E-state index contributed by atoms with van der Waals surface area (Å²) in [6.45, 7) is -0.717. The lowest BCUT2D eigenvalue weighted by atomic mass is 10.1. The minimum absolute atomic E-state index is 0.0406. The van der Waals surface area contributed by atoms with Crippen molar-refractivity contribution in [2.45, 2.75) is 12.8 Å². The smallest absolute Gasteiger partial charge is 0.416 e. The van der Waals surface area contributed by atoms with Crippen molar-refractivity contribution < 1.29 is 27.4 Å². The van der Waals surface area contributed by atoms with Gasteiger partial charge in [0, 0.05) is 0 Å². The number of hydrogen-bond donors (Lipinski definition) is 1. The van der Waals surface area contributed by atoms with E-state index in [0.717, 1.165) is 24.3 Å². The first-order chi connectivity index (χ1) is 9.40. The van der Waals surface area contributed by atoms with Crippen LogP contribution in [0.1, 0.15) is 11.1 Å². The first-order valence-electron chi connectivity index (χ1n) is 5.64. The Kier molecular flexibility index (Phi) is 3.94. The van der Waals surface area contributed by atoms with Gasteiger partial charge in [-0.2, -0.15) is 13.2 Å². The quantitative estimate of drug-likeness (QED) is 0.860. The van der Waals surface area contributed by atoms with Crippen molar-refractivity contribution in [1.82, 2.24) is 0 Å².